The predicted octanol–water partition coefficient (Wildman–Crippen LogP) is 1.05. The van der Waals surface area contributed by atoms with Crippen molar-refractivity contribution >= 4 is 17.0 Å². The van der Waals surface area contributed by atoms with Crippen molar-refractivity contribution in [2.24, 2.45) is 0 Å². The number of rotatable bonds is 3. The summed E-state index contributed by atoms with van der Waals surface area (Å²) in [7, 11) is 0. The van der Waals surface area contributed by atoms with Gasteiger partial charge >= 0.3 is 5.97 Å². The molecule has 78 valence electrons. The van der Waals surface area contributed by atoms with Gasteiger partial charge in [-0.2, -0.15) is 0 Å². The van der Waals surface area contributed by atoms with E-state index in [1.807, 2.05) is 0 Å². The van der Waals surface area contributed by atoms with Gasteiger partial charge in [-0.25, -0.2) is 4.79 Å². The molecule has 2 N–H and O–H groups in total. The van der Waals surface area contributed by atoms with E-state index >= 15 is 0 Å². The largest absolute Gasteiger partial charge is 0.493 e. The third-order valence-electron chi connectivity index (χ3n) is 1.96. The van der Waals surface area contributed by atoms with Crippen LogP contribution in [0.15, 0.2) is 12.1 Å². The second kappa shape index (κ2) is 3.56. The number of H-pyrrole nitrogens is 1. The minimum absolute atomic E-state index is 0.107. The number of carboxylic acid groups (broad SMARTS) is 1. The Labute approximate surface area is 84.9 Å². The van der Waals surface area contributed by atoms with Gasteiger partial charge in [-0.1, -0.05) is 5.21 Å². The van der Waals surface area contributed by atoms with Crippen LogP contribution in [-0.2, 0) is 0 Å². The molecule has 1 heterocycles. The number of nitrogens with zero attached hydrogens (tertiary/aromatic N) is 2. The van der Waals surface area contributed by atoms with E-state index in [1.165, 1.54) is 6.07 Å². The first-order valence-corrected chi connectivity index (χ1v) is 4.43. The lowest BCUT2D eigenvalue weighted by Crippen LogP contribution is -2.02. The number of fused-ring (bicyclic) bond motifs is 1. The smallest absolute Gasteiger partial charge is 0.339 e. The van der Waals surface area contributed by atoms with Crippen LogP contribution in [0.4, 0.5) is 0 Å². The zero-order valence-corrected chi connectivity index (χ0v) is 8.02. The second-order valence-electron chi connectivity index (χ2n) is 2.92. The SMILES string of the molecule is CCOc1cc2nn[nH]c2cc1C(=O)O. The third kappa shape index (κ3) is 1.61. The summed E-state index contributed by atoms with van der Waals surface area (Å²) in [5, 5.41) is 18.9. The molecule has 0 aliphatic carbocycles. The summed E-state index contributed by atoms with van der Waals surface area (Å²) in [5.74, 6) is -0.721. The maximum Gasteiger partial charge on any atom is 0.339 e. The van der Waals surface area contributed by atoms with Crippen LogP contribution in [0.3, 0.4) is 0 Å². The maximum absolute atomic E-state index is 10.9. The van der Waals surface area contributed by atoms with Crippen molar-refractivity contribution in [1.82, 2.24) is 15.4 Å². The van der Waals surface area contributed by atoms with Crippen molar-refractivity contribution in [2.75, 3.05) is 6.61 Å². The van der Waals surface area contributed by atoms with E-state index in [1.54, 1.807) is 13.0 Å². The van der Waals surface area contributed by atoms with E-state index in [0.29, 0.717) is 23.4 Å². The first-order chi connectivity index (χ1) is 7.22. The molecule has 0 bridgehead atoms. The Bertz CT molecular complexity index is 506. The topological polar surface area (TPSA) is 88.1 Å². The molecule has 6 nitrogen and oxygen atoms in total. The van der Waals surface area contributed by atoms with E-state index in [2.05, 4.69) is 15.4 Å². The van der Waals surface area contributed by atoms with Gasteiger partial charge in [0.05, 0.1) is 12.1 Å². The highest BCUT2D eigenvalue weighted by molar-refractivity contribution is 5.95. The van der Waals surface area contributed by atoms with Crippen molar-refractivity contribution in [2.45, 2.75) is 6.92 Å². The standard InChI is InChI=1S/C9H9N3O3/c1-2-15-8-4-7-6(10-12-11-7)3-5(8)9(13)14/h3-4H,2H2,1H3,(H,13,14)(H,10,11,12). The first kappa shape index (κ1) is 9.45. The first-order valence-electron chi connectivity index (χ1n) is 4.43. The summed E-state index contributed by atoms with van der Waals surface area (Å²) >= 11 is 0. The van der Waals surface area contributed by atoms with Crippen LogP contribution in [0.2, 0.25) is 0 Å². The highest BCUT2D eigenvalue weighted by atomic mass is 16.5. The normalized spacial score (nSPS) is 10.5. The van der Waals surface area contributed by atoms with E-state index in [9.17, 15) is 4.79 Å². The Morgan fingerprint density at radius 3 is 3.07 bits per heavy atom. The summed E-state index contributed by atoms with van der Waals surface area (Å²) in [5.41, 5.74) is 1.27. The van der Waals surface area contributed by atoms with Gasteiger partial charge < -0.3 is 9.84 Å². The lowest BCUT2D eigenvalue weighted by molar-refractivity contribution is 0.0693. The number of aromatic amines is 1. The predicted molar refractivity (Wildman–Crippen MR) is 52.0 cm³/mol. The van der Waals surface area contributed by atoms with Crippen molar-refractivity contribution < 1.29 is 14.6 Å². The van der Waals surface area contributed by atoms with Crippen LogP contribution in [0.5, 0.6) is 5.75 Å². The minimum atomic E-state index is -1.03. The average Bonchev–Trinajstić information content (AvgIpc) is 2.63. The Morgan fingerprint density at radius 2 is 2.40 bits per heavy atom. The molecule has 0 saturated carbocycles. The highest BCUT2D eigenvalue weighted by Gasteiger charge is 2.13. The number of nitrogens with one attached hydrogen (secondary N) is 1. The van der Waals surface area contributed by atoms with E-state index in [0.717, 1.165) is 0 Å². The fraction of sp³-hybridized carbons (Fsp3) is 0.222. The molecule has 2 rings (SSSR count). The molecule has 0 spiro atoms. The molecular weight excluding hydrogens is 198 g/mol. The molecule has 0 fully saturated rings. The molecule has 0 saturated heterocycles. The number of aromatic nitrogens is 3. The van der Waals surface area contributed by atoms with Gasteiger partial charge in [0.25, 0.3) is 0 Å². The monoisotopic (exact) mass is 207 g/mol. The van der Waals surface area contributed by atoms with Crippen LogP contribution >= 0.6 is 0 Å². The Balaban J connectivity index is 2.62. The molecule has 15 heavy (non-hydrogen) atoms. The second-order valence-corrected chi connectivity index (χ2v) is 2.92. The Hall–Kier alpha value is -2.11. The molecule has 0 aliphatic heterocycles. The van der Waals surface area contributed by atoms with Gasteiger partial charge in [0.2, 0.25) is 0 Å². The van der Waals surface area contributed by atoms with E-state index in [4.69, 9.17) is 9.84 Å². The fourth-order valence-electron chi connectivity index (χ4n) is 1.32. The number of aromatic carboxylic acids is 1. The Morgan fingerprint density at radius 1 is 1.60 bits per heavy atom. The van der Waals surface area contributed by atoms with Gasteiger partial charge in [-0.05, 0) is 13.0 Å². The number of carboxylic acids is 1. The van der Waals surface area contributed by atoms with Crippen molar-refractivity contribution in [1.29, 1.82) is 0 Å². The number of carbonyl (C=O) groups is 1. The zero-order valence-electron chi connectivity index (χ0n) is 8.02. The summed E-state index contributed by atoms with van der Waals surface area (Å²) < 4.78 is 5.21. The van der Waals surface area contributed by atoms with Crippen LogP contribution in [-0.4, -0.2) is 33.1 Å². The molecule has 0 aliphatic rings. The summed E-state index contributed by atoms with van der Waals surface area (Å²) in [6.45, 7) is 2.20. The van der Waals surface area contributed by atoms with Crippen LogP contribution in [0.25, 0.3) is 11.0 Å². The number of hydrogen-bond acceptors (Lipinski definition) is 4. The molecule has 0 unspecified atom stereocenters. The Kier molecular flexibility index (Phi) is 2.24. The van der Waals surface area contributed by atoms with Gasteiger partial charge in [-0.15, -0.1) is 5.10 Å². The molecule has 0 radical (unpaired) electrons. The van der Waals surface area contributed by atoms with Crippen molar-refractivity contribution in [3.8, 4) is 5.75 Å². The van der Waals surface area contributed by atoms with Crippen molar-refractivity contribution in [3.05, 3.63) is 17.7 Å². The van der Waals surface area contributed by atoms with Crippen molar-refractivity contribution in [3.63, 3.8) is 0 Å². The van der Waals surface area contributed by atoms with Crippen LogP contribution in [0, 0.1) is 0 Å². The van der Waals surface area contributed by atoms with Gasteiger partial charge in [0, 0.05) is 6.07 Å². The molecule has 6 heteroatoms. The van der Waals surface area contributed by atoms with Gasteiger partial charge in [0.15, 0.2) is 0 Å². The lowest BCUT2D eigenvalue weighted by Gasteiger charge is -2.06. The molecule has 0 atom stereocenters. The molecule has 1 aromatic carbocycles. The van der Waals surface area contributed by atoms with E-state index < -0.39 is 5.97 Å². The van der Waals surface area contributed by atoms with Gasteiger partial charge in [-0.3, -0.25) is 5.10 Å². The fourth-order valence-corrected chi connectivity index (χ4v) is 1.32. The quantitative estimate of drug-likeness (QED) is 0.785. The summed E-state index contributed by atoms with van der Waals surface area (Å²) in [6, 6.07) is 3.02. The highest BCUT2D eigenvalue weighted by Crippen LogP contribution is 2.23. The molecule has 0 amide bonds. The molecule has 1 aromatic heterocycles. The van der Waals surface area contributed by atoms with E-state index in [-0.39, 0.29) is 5.56 Å². The minimum Gasteiger partial charge on any atom is -0.493 e. The summed E-state index contributed by atoms with van der Waals surface area (Å²) in [6.07, 6.45) is 0. The molecule has 2 aromatic rings. The maximum atomic E-state index is 10.9. The third-order valence-corrected chi connectivity index (χ3v) is 1.96. The zero-order chi connectivity index (χ0) is 10.8. The van der Waals surface area contributed by atoms with Crippen LogP contribution in [0.1, 0.15) is 17.3 Å². The van der Waals surface area contributed by atoms with Crippen LogP contribution < -0.4 is 4.74 Å². The molecular formula is C9H9N3O3. The number of hydrogen-bond donors (Lipinski definition) is 2. The summed E-state index contributed by atoms with van der Waals surface area (Å²) in [4.78, 5) is 10.9. The number of benzene rings is 1. The lowest BCUT2D eigenvalue weighted by atomic mass is 10.2. The average molecular weight is 207 g/mol. The number of ether oxygens (including phenoxy) is 1. The van der Waals surface area contributed by atoms with Gasteiger partial charge in [0.1, 0.15) is 16.8 Å².